The van der Waals surface area contributed by atoms with Crippen molar-refractivity contribution >= 4 is 15.4 Å². The van der Waals surface area contributed by atoms with Crippen molar-refractivity contribution in [3.05, 3.63) is 0 Å². The standard InChI is InChI=1S/C12H28GeO3/c1-4-7-10-14-13(15-11-8-5-2)16-12-9-6-3/h13H,4-12H2,1-3H3. The van der Waals surface area contributed by atoms with Crippen molar-refractivity contribution in [2.24, 2.45) is 0 Å². The van der Waals surface area contributed by atoms with Gasteiger partial charge in [0.1, 0.15) is 0 Å². The SMILES string of the molecule is CCCC[O][GeH]([O]CCCC)[O]CCCC. The van der Waals surface area contributed by atoms with Crippen molar-refractivity contribution in [3.63, 3.8) is 0 Å². The van der Waals surface area contributed by atoms with E-state index in [0.717, 1.165) is 39.1 Å². The van der Waals surface area contributed by atoms with Crippen LogP contribution in [0.15, 0.2) is 0 Å². The molecule has 4 heteroatoms. The molecular weight excluding hydrogens is 265 g/mol. The molecule has 0 amide bonds. The van der Waals surface area contributed by atoms with Crippen LogP contribution >= 0.6 is 0 Å². The molecule has 0 aromatic carbocycles. The molecule has 0 aliphatic carbocycles. The fourth-order valence-electron chi connectivity index (χ4n) is 1.12. The molecule has 0 aromatic rings. The van der Waals surface area contributed by atoms with E-state index in [1.165, 1.54) is 19.3 Å². The van der Waals surface area contributed by atoms with E-state index in [4.69, 9.17) is 11.3 Å². The Kier molecular flexibility index (Phi) is 13.8. The summed E-state index contributed by atoms with van der Waals surface area (Å²) in [6.45, 7) is 8.92. The van der Waals surface area contributed by atoms with Gasteiger partial charge in [-0.2, -0.15) is 0 Å². The Morgan fingerprint density at radius 3 is 1.19 bits per heavy atom. The van der Waals surface area contributed by atoms with Gasteiger partial charge in [0.15, 0.2) is 0 Å². The van der Waals surface area contributed by atoms with E-state index in [9.17, 15) is 0 Å². The summed E-state index contributed by atoms with van der Waals surface area (Å²) in [5.41, 5.74) is 0. The number of hydrogen-bond acceptors (Lipinski definition) is 3. The van der Waals surface area contributed by atoms with Gasteiger partial charge in [-0.25, -0.2) is 0 Å². The minimum atomic E-state index is -2.31. The van der Waals surface area contributed by atoms with Crippen molar-refractivity contribution in [2.45, 2.75) is 59.3 Å². The summed E-state index contributed by atoms with van der Waals surface area (Å²) in [6, 6.07) is 0. The third-order valence-corrected chi connectivity index (χ3v) is 5.45. The molecule has 0 unspecified atom stereocenters. The second-order valence-electron chi connectivity index (χ2n) is 3.96. The maximum absolute atomic E-state index is 5.72. The van der Waals surface area contributed by atoms with Crippen LogP contribution in [0.3, 0.4) is 0 Å². The van der Waals surface area contributed by atoms with Gasteiger partial charge in [-0.3, -0.25) is 0 Å². The summed E-state index contributed by atoms with van der Waals surface area (Å²) >= 11 is -2.31. The van der Waals surface area contributed by atoms with Gasteiger partial charge in [0.2, 0.25) is 0 Å². The van der Waals surface area contributed by atoms with E-state index in [1.54, 1.807) is 0 Å². The fraction of sp³-hybridized carbons (Fsp3) is 1.00. The molecule has 0 radical (unpaired) electrons. The van der Waals surface area contributed by atoms with E-state index in [1.807, 2.05) is 0 Å². The van der Waals surface area contributed by atoms with E-state index < -0.39 is 15.4 Å². The monoisotopic (exact) mass is 294 g/mol. The van der Waals surface area contributed by atoms with Gasteiger partial charge in [-0.05, 0) is 0 Å². The normalized spacial score (nSPS) is 11.2. The summed E-state index contributed by atoms with van der Waals surface area (Å²) in [7, 11) is 0. The van der Waals surface area contributed by atoms with E-state index in [2.05, 4.69) is 20.8 Å². The zero-order chi connectivity index (χ0) is 12.1. The predicted molar refractivity (Wildman–Crippen MR) is 69.7 cm³/mol. The molecule has 0 heterocycles. The molecule has 16 heavy (non-hydrogen) atoms. The van der Waals surface area contributed by atoms with Crippen LogP contribution in [0.25, 0.3) is 0 Å². The van der Waals surface area contributed by atoms with Crippen molar-refractivity contribution < 1.29 is 11.3 Å². The van der Waals surface area contributed by atoms with Gasteiger partial charge in [0.05, 0.1) is 0 Å². The molecule has 0 aliphatic heterocycles. The third-order valence-electron chi connectivity index (χ3n) is 2.26. The van der Waals surface area contributed by atoms with Crippen LogP contribution in [0.4, 0.5) is 0 Å². The summed E-state index contributed by atoms with van der Waals surface area (Å²) in [4.78, 5) is 0. The first-order chi connectivity index (χ1) is 7.85. The summed E-state index contributed by atoms with van der Waals surface area (Å²) in [5, 5.41) is 0. The number of rotatable bonds is 12. The van der Waals surface area contributed by atoms with E-state index >= 15 is 0 Å². The van der Waals surface area contributed by atoms with Gasteiger partial charge >= 0.3 is 106 Å². The molecule has 0 saturated carbocycles. The molecule has 0 rings (SSSR count). The predicted octanol–water partition coefficient (Wildman–Crippen LogP) is 3.15. The molecule has 3 nitrogen and oxygen atoms in total. The average molecular weight is 293 g/mol. The Hall–Kier alpha value is 0.423. The molecule has 98 valence electrons. The first-order valence-electron chi connectivity index (χ1n) is 6.69. The number of hydrogen-bond donors (Lipinski definition) is 0. The second-order valence-corrected chi connectivity index (χ2v) is 7.27. The zero-order valence-corrected chi connectivity index (χ0v) is 13.6. The van der Waals surface area contributed by atoms with Crippen LogP contribution in [0.2, 0.25) is 0 Å². The quantitative estimate of drug-likeness (QED) is 0.408. The van der Waals surface area contributed by atoms with Gasteiger partial charge in [0, 0.05) is 0 Å². The van der Waals surface area contributed by atoms with Crippen molar-refractivity contribution in [1.29, 1.82) is 0 Å². The van der Waals surface area contributed by atoms with Crippen molar-refractivity contribution in [1.82, 2.24) is 0 Å². The van der Waals surface area contributed by atoms with Crippen LogP contribution in [0.1, 0.15) is 59.3 Å². The molecular formula is C12H28GeO3. The van der Waals surface area contributed by atoms with Crippen LogP contribution in [-0.2, 0) is 11.3 Å². The Balaban J connectivity index is 3.58. The Labute approximate surface area is 106 Å². The summed E-state index contributed by atoms with van der Waals surface area (Å²) in [6.07, 6.45) is 6.82. The Morgan fingerprint density at radius 2 is 0.938 bits per heavy atom. The molecule has 0 spiro atoms. The van der Waals surface area contributed by atoms with Crippen LogP contribution in [0, 0.1) is 0 Å². The molecule has 0 saturated heterocycles. The van der Waals surface area contributed by atoms with Crippen molar-refractivity contribution in [2.75, 3.05) is 19.8 Å². The molecule has 0 aliphatic rings. The maximum atomic E-state index is 5.72. The molecule has 0 atom stereocenters. The van der Waals surface area contributed by atoms with Gasteiger partial charge < -0.3 is 0 Å². The van der Waals surface area contributed by atoms with Gasteiger partial charge in [-0.15, -0.1) is 0 Å². The summed E-state index contributed by atoms with van der Waals surface area (Å²) in [5.74, 6) is 0. The van der Waals surface area contributed by atoms with Crippen LogP contribution in [0.5, 0.6) is 0 Å². The first-order valence-corrected chi connectivity index (χ1v) is 9.66. The van der Waals surface area contributed by atoms with Crippen LogP contribution in [-0.4, -0.2) is 35.2 Å². The molecule has 0 bridgehead atoms. The number of unbranched alkanes of at least 4 members (excludes halogenated alkanes) is 3. The van der Waals surface area contributed by atoms with Gasteiger partial charge in [-0.1, -0.05) is 0 Å². The minimum absolute atomic E-state index is 0.805. The summed E-state index contributed by atoms with van der Waals surface area (Å²) < 4.78 is 17.2. The topological polar surface area (TPSA) is 27.7 Å². The van der Waals surface area contributed by atoms with Crippen molar-refractivity contribution in [3.8, 4) is 0 Å². The molecule has 0 fully saturated rings. The third kappa shape index (κ3) is 10.9. The molecule has 0 aromatic heterocycles. The first kappa shape index (κ1) is 16.4. The van der Waals surface area contributed by atoms with E-state index in [-0.39, 0.29) is 0 Å². The molecule has 0 N–H and O–H groups in total. The fourth-order valence-corrected chi connectivity index (χ4v) is 3.98. The van der Waals surface area contributed by atoms with Crippen LogP contribution < -0.4 is 0 Å². The van der Waals surface area contributed by atoms with E-state index in [0.29, 0.717) is 0 Å². The van der Waals surface area contributed by atoms with Gasteiger partial charge in [0.25, 0.3) is 0 Å². The Bertz CT molecular complexity index is 110. The zero-order valence-electron chi connectivity index (χ0n) is 11.2. The Morgan fingerprint density at radius 1 is 0.625 bits per heavy atom. The second kappa shape index (κ2) is 13.5. The average Bonchev–Trinajstić information content (AvgIpc) is 2.29.